The monoisotopic (exact) mass is 318 g/mol. The third kappa shape index (κ3) is 3.25. The standard InChI is InChI=1S/C13H19ClN2O3S/c1-2-19-11-5-7-16(8-6-11)20(17,18)13-4-3-10(15)9-12(13)14/h3-4,9,11H,2,5-8,15H2,1H3. The molecule has 5 nitrogen and oxygen atoms in total. The predicted octanol–water partition coefficient (Wildman–Crippen LogP) is 2.11. The van der Waals surface area contributed by atoms with Gasteiger partial charge in [-0.1, -0.05) is 11.6 Å². The summed E-state index contributed by atoms with van der Waals surface area (Å²) < 4.78 is 32.1. The molecular weight excluding hydrogens is 300 g/mol. The highest BCUT2D eigenvalue weighted by Gasteiger charge is 2.30. The second kappa shape index (κ2) is 6.30. The molecule has 0 radical (unpaired) electrons. The van der Waals surface area contributed by atoms with E-state index in [0.29, 0.717) is 38.2 Å². The highest BCUT2D eigenvalue weighted by molar-refractivity contribution is 7.89. The van der Waals surface area contributed by atoms with Gasteiger partial charge in [0.25, 0.3) is 0 Å². The molecule has 112 valence electrons. The number of sulfonamides is 1. The van der Waals surface area contributed by atoms with E-state index in [0.717, 1.165) is 0 Å². The van der Waals surface area contributed by atoms with Gasteiger partial charge in [-0.3, -0.25) is 0 Å². The van der Waals surface area contributed by atoms with Gasteiger partial charge < -0.3 is 10.5 Å². The van der Waals surface area contributed by atoms with Gasteiger partial charge in [-0.05, 0) is 38.0 Å². The van der Waals surface area contributed by atoms with Crippen molar-refractivity contribution in [1.29, 1.82) is 0 Å². The number of hydrogen-bond donors (Lipinski definition) is 1. The molecule has 1 fully saturated rings. The molecule has 1 saturated heterocycles. The molecule has 0 spiro atoms. The first-order chi connectivity index (χ1) is 9.45. The number of piperidine rings is 1. The van der Waals surface area contributed by atoms with Gasteiger partial charge in [0.2, 0.25) is 10.0 Å². The molecular formula is C13H19ClN2O3S. The van der Waals surface area contributed by atoms with E-state index in [1.807, 2.05) is 6.92 Å². The van der Waals surface area contributed by atoms with Crippen molar-refractivity contribution in [3.05, 3.63) is 23.2 Å². The minimum absolute atomic E-state index is 0.114. The van der Waals surface area contributed by atoms with Crippen LogP contribution in [0, 0.1) is 0 Å². The van der Waals surface area contributed by atoms with Crippen LogP contribution in [0.25, 0.3) is 0 Å². The lowest BCUT2D eigenvalue weighted by Gasteiger charge is -2.31. The highest BCUT2D eigenvalue weighted by atomic mass is 35.5. The smallest absolute Gasteiger partial charge is 0.244 e. The summed E-state index contributed by atoms with van der Waals surface area (Å²) in [6.07, 6.45) is 1.56. The lowest BCUT2D eigenvalue weighted by Crippen LogP contribution is -2.40. The van der Waals surface area contributed by atoms with Crippen LogP contribution in [0.1, 0.15) is 19.8 Å². The van der Waals surface area contributed by atoms with Crippen LogP contribution in [-0.4, -0.2) is 38.5 Å². The third-order valence-electron chi connectivity index (χ3n) is 3.38. The van der Waals surface area contributed by atoms with Crippen LogP contribution in [-0.2, 0) is 14.8 Å². The molecule has 0 aliphatic carbocycles. The molecule has 0 unspecified atom stereocenters. The molecule has 1 aromatic rings. The molecule has 0 aromatic heterocycles. The lowest BCUT2D eigenvalue weighted by atomic mass is 10.1. The lowest BCUT2D eigenvalue weighted by molar-refractivity contribution is 0.0290. The van der Waals surface area contributed by atoms with Crippen molar-refractivity contribution in [2.24, 2.45) is 0 Å². The van der Waals surface area contributed by atoms with Crippen molar-refractivity contribution in [1.82, 2.24) is 4.31 Å². The zero-order valence-corrected chi connectivity index (χ0v) is 13.0. The Kier molecular flexibility index (Phi) is 4.90. The van der Waals surface area contributed by atoms with Crippen molar-refractivity contribution in [2.75, 3.05) is 25.4 Å². The van der Waals surface area contributed by atoms with Gasteiger partial charge in [-0.2, -0.15) is 4.31 Å². The third-order valence-corrected chi connectivity index (χ3v) is 5.76. The summed E-state index contributed by atoms with van der Waals surface area (Å²) in [5, 5.41) is 0.164. The zero-order valence-electron chi connectivity index (χ0n) is 11.4. The molecule has 0 atom stereocenters. The summed E-state index contributed by atoms with van der Waals surface area (Å²) in [6.45, 7) is 3.50. The Morgan fingerprint density at radius 1 is 1.40 bits per heavy atom. The topological polar surface area (TPSA) is 72.6 Å². The number of benzene rings is 1. The maximum atomic E-state index is 12.5. The number of halogens is 1. The Morgan fingerprint density at radius 3 is 2.60 bits per heavy atom. The van der Waals surface area contributed by atoms with Crippen LogP contribution in [0.15, 0.2) is 23.1 Å². The fraction of sp³-hybridized carbons (Fsp3) is 0.538. The van der Waals surface area contributed by atoms with Crippen molar-refractivity contribution in [3.8, 4) is 0 Å². The van der Waals surface area contributed by atoms with E-state index in [1.165, 1.54) is 16.4 Å². The summed E-state index contributed by atoms with van der Waals surface area (Å²) in [4.78, 5) is 0.114. The first-order valence-electron chi connectivity index (χ1n) is 6.62. The largest absolute Gasteiger partial charge is 0.399 e. The number of nitrogen functional groups attached to an aromatic ring is 1. The number of nitrogens with two attached hydrogens (primary N) is 1. The van der Waals surface area contributed by atoms with Crippen LogP contribution in [0.3, 0.4) is 0 Å². The van der Waals surface area contributed by atoms with E-state index in [-0.39, 0.29) is 16.0 Å². The fourth-order valence-corrected chi connectivity index (χ4v) is 4.34. The van der Waals surface area contributed by atoms with Crippen molar-refractivity contribution in [2.45, 2.75) is 30.8 Å². The molecule has 0 saturated carbocycles. The van der Waals surface area contributed by atoms with Gasteiger partial charge in [0.1, 0.15) is 4.90 Å². The van der Waals surface area contributed by atoms with Crippen molar-refractivity contribution < 1.29 is 13.2 Å². The molecule has 0 amide bonds. The van der Waals surface area contributed by atoms with Crippen molar-refractivity contribution in [3.63, 3.8) is 0 Å². The quantitative estimate of drug-likeness (QED) is 0.863. The molecule has 2 rings (SSSR count). The van der Waals surface area contributed by atoms with E-state index in [4.69, 9.17) is 22.1 Å². The van der Waals surface area contributed by atoms with Crippen LogP contribution in [0.5, 0.6) is 0 Å². The summed E-state index contributed by atoms with van der Waals surface area (Å²) in [7, 11) is -3.56. The van der Waals surface area contributed by atoms with Crippen LogP contribution >= 0.6 is 11.6 Å². The number of ether oxygens (including phenoxy) is 1. The molecule has 0 bridgehead atoms. The minimum Gasteiger partial charge on any atom is -0.399 e. The molecule has 20 heavy (non-hydrogen) atoms. The van der Waals surface area contributed by atoms with Gasteiger partial charge in [0.05, 0.1) is 11.1 Å². The first-order valence-corrected chi connectivity index (χ1v) is 8.43. The Bertz CT molecular complexity index is 569. The highest BCUT2D eigenvalue weighted by Crippen LogP contribution is 2.28. The average molecular weight is 319 g/mol. The maximum Gasteiger partial charge on any atom is 0.244 e. The van der Waals surface area contributed by atoms with E-state index < -0.39 is 10.0 Å². The number of nitrogens with zero attached hydrogens (tertiary/aromatic N) is 1. The van der Waals surface area contributed by atoms with Crippen LogP contribution in [0.2, 0.25) is 5.02 Å². The SMILES string of the molecule is CCOC1CCN(S(=O)(=O)c2ccc(N)cc2Cl)CC1. The summed E-state index contributed by atoms with van der Waals surface area (Å²) in [6, 6.07) is 4.47. The van der Waals surface area contributed by atoms with Gasteiger partial charge >= 0.3 is 0 Å². The van der Waals surface area contributed by atoms with Gasteiger partial charge in [-0.15, -0.1) is 0 Å². The first kappa shape index (κ1) is 15.6. The van der Waals surface area contributed by atoms with Crippen LogP contribution < -0.4 is 5.73 Å². The van der Waals surface area contributed by atoms with Gasteiger partial charge in [-0.25, -0.2) is 8.42 Å². The summed E-state index contributed by atoms with van der Waals surface area (Å²) >= 11 is 6.00. The molecule has 1 aromatic carbocycles. The van der Waals surface area contributed by atoms with Crippen molar-refractivity contribution >= 4 is 27.3 Å². The van der Waals surface area contributed by atoms with Crippen LogP contribution in [0.4, 0.5) is 5.69 Å². The molecule has 1 aliphatic rings. The fourth-order valence-electron chi connectivity index (χ4n) is 2.34. The van der Waals surface area contributed by atoms with E-state index in [2.05, 4.69) is 0 Å². The Balaban J connectivity index is 2.15. The molecule has 1 aliphatic heterocycles. The number of anilines is 1. The molecule has 1 heterocycles. The minimum atomic E-state index is -3.56. The average Bonchev–Trinajstić information content (AvgIpc) is 2.39. The second-order valence-electron chi connectivity index (χ2n) is 4.75. The Morgan fingerprint density at radius 2 is 2.05 bits per heavy atom. The zero-order chi connectivity index (χ0) is 14.8. The van der Waals surface area contributed by atoms with E-state index in [9.17, 15) is 8.42 Å². The Hall–Kier alpha value is -0.820. The summed E-state index contributed by atoms with van der Waals surface area (Å²) in [5.41, 5.74) is 6.04. The molecule has 2 N–H and O–H groups in total. The summed E-state index contributed by atoms with van der Waals surface area (Å²) in [5.74, 6) is 0. The Labute approximate surface area is 124 Å². The second-order valence-corrected chi connectivity index (χ2v) is 7.06. The maximum absolute atomic E-state index is 12.5. The van der Waals surface area contributed by atoms with Gasteiger partial charge in [0, 0.05) is 25.4 Å². The number of hydrogen-bond acceptors (Lipinski definition) is 4. The van der Waals surface area contributed by atoms with E-state index >= 15 is 0 Å². The van der Waals surface area contributed by atoms with Gasteiger partial charge in [0.15, 0.2) is 0 Å². The normalized spacial score (nSPS) is 18.3. The number of rotatable bonds is 4. The predicted molar refractivity (Wildman–Crippen MR) is 79.3 cm³/mol. The molecule has 7 heteroatoms. The van der Waals surface area contributed by atoms with E-state index in [1.54, 1.807) is 6.07 Å².